The molecule has 0 aliphatic heterocycles. The molecule has 0 fully saturated rings. The molecular weight excluding hydrogens is 196 g/mol. The van der Waals surface area contributed by atoms with Crippen LogP contribution in [-0.2, 0) is 14.9 Å². The van der Waals surface area contributed by atoms with Gasteiger partial charge in [-0.1, -0.05) is 6.58 Å². The minimum absolute atomic E-state index is 0. The second-order valence-corrected chi connectivity index (χ2v) is 3.33. The summed E-state index contributed by atoms with van der Waals surface area (Å²) < 4.78 is 27.9. The van der Waals surface area contributed by atoms with Crippen LogP contribution >= 0.6 is 0 Å². The van der Waals surface area contributed by atoms with E-state index in [0.717, 1.165) is 0 Å². The second kappa shape index (κ2) is 11.2. The molecule has 0 heterocycles. The van der Waals surface area contributed by atoms with Crippen LogP contribution in [0.4, 0.5) is 0 Å². The van der Waals surface area contributed by atoms with E-state index in [2.05, 4.69) is 11.9 Å². The zero-order valence-electron chi connectivity index (χ0n) is 7.56. The van der Waals surface area contributed by atoms with E-state index >= 15 is 0 Å². The number of hydrogen-bond acceptors (Lipinski definition) is 5. The van der Waals surface area contributed by atoms with Gasteiger partial charge in [-0.3, -0.25) is 9.35 Å². The summed E-state index contributed by atoms with van der Waals surface area (Å²) in [4.78, 5) is 9.06. The monoisotopic (exact) mass is 212 g/mol. The molecule has 0 aromatic carbocycles. The zero-order valence-corrected chi connectivity index (χ0v) is 8.38. The van der Waals surface area contributed by atoms with E-state index in [1.165, 1.54) is 6.08 Å². The number of rotatable bonds is 4. The highest BCUT2D eigenvalue weighted by atomic mass is 32.2. The Hall–Kier alpha value is -0.760. The molecule has 0 bridgehead atoms. The highest BCUT2D eigenvalue weighted by Crippen LogP contribution is 1.76. The van der Waals surface area contributed by atoms with Crippen LogP contribution in [0.1, 0.15) is 0 Å². The summed E-state index contributed by atoms with van der Waals surface area (Å²) in [5.74, 6) is -0.219. The van der Waals surface area contributed by atoms with E-state index in [9.17, 15) is 8.42 Å². The SMILES string of the molecule is C=CC=O.CNCCS(=O)(=O)O.N. The summed E-state index contributed by atoms with van der Waals surface area (Å²) in [6, 6.07) is 0. The van der Waals surface area contributed by atoms with Crippen molar-refractivity contribution in [1.29, 1.82) is 0 Å². The van der Waals surface area contributed by atoms with Gasteiger partial charge in [0.05, 0.1) is 5.75 Å². The third kappa shape index (κ3) is 35.0. The van der Waals surface area contributed by atoms with E-state index in [4.69, 9.17) is 9.35 Å². The molecule has 0 amide bonds. The van der Waals surface area contributed by atoms with Crippen molar-refractivity contribution in [2.45, 2.75) is 0 Å². The lowest BCUT2D eigenvalue weighted by molar-refractivity contribution is -0.104. The minimum Gasteiger partial charge on any atom is -0.344 e. The van der Waals surface area contributed by atoms with Gasteiger partial charge >= 0.3 is 0 Å². The number of nitrogens with one attached hydrogen (secondary N) is 1. The fourth-order valence-electron chi connectivity index (χ4n) is 0.231. The Morgan fingerprint density at radius 3 is 2.00 bits per heavy atom. The van der Waals surface area contributed by atoms with E-state index < -0.39 is 10.1 Å². The minimum atomic E-state index is -3.75. The van der Waals surface area contributed by atoms with Crippen molar-refractivity contribution in [1.82, 2.24) is 11.5 Å². The molecule has 0 saturated heterocycles. The van der Waals surface area contributed by atoms with Crippen molar-refractivity contribution < 1.29 is 17.8 Å². The fourth-order valence-corrected chi connectivity index (χ4v) is 0.693. The smallest absolute Gasteiger partial charge is 0.266 e. The van der Waals surface area contributed by atoms with Crippen LogP contribution in [0.15, 0.2) is 12.7 Å². The van der Waals surface area contributed by atoms with Crippen LogP contribution in [0.25, 0.3) is 0 Å². The van der Waals surface area contributed by atoms with Gasteiger partial charge in [-0.05, 0) is 13.1 Å². The molecule has 0 aliphatic rings. The van der Waals surface area contributed by atoms with E-state index in [1.54, 1.807) is 7.05 Å². The molecule has 0 aromatic rings. The molecule has 0 saturated carbocycles. The number of hydrogen-bond donors (Lipinski definition) is 3. The van der Waals surface area contributed by atoms with E-state index in [-0.39, 0.29) is 11.9 Å². The lowest BCUT2D eigenvalue weighted by Gasteiger charge is -1.92. The molecule has 0 radical (unpaired) electrons. The molecule has 0 aliphatic carbocycles. The van der Waals surface area contributed by atoms with Gasteiger partial charge in [0.25, 0.3) is 10.1 Å². The maximum Gasteiger partial charge on any atom is 0.266 e. The van der Waals surface area contributed by atoms with Crippen LogP contribution < -0.4 is 11.5 Å². The lowest BCUT2D eigenvalue weighted by atomic mass is 10.8. The van der Waals surface area contributed by atoms with Crippen molar-refractivity contribution in [3.8, 4) is 0 Å². The van der Waals surface area contributed by atoms with Crippen molar-refractivity contribution in [3.63, 3.8) is 0 Å². The molecule has 0 aromatic heterocycles. The Morgan fingerprint density at radius 2 is 1.92 bits per heavy atom. The predicted octanol–water partition coefficient (Wildman–Crippen LogP) is -0.373. The summed E-state index contributed by atoms with van der Waals surface area (Å²) >= 11 is 0. The van der Waals surface area contributed by atoms with Crippen LogP contribution in [0, 0.1) is 0 Å². The quantitative estimate of drug-likeness (QED) is 0.332. The first-order valence-electron chi connectivity index (χ1n) is 3.14. The summed E-state index contributed by atoms with van der Waals surface area (Å²) in [5, 5.41) is 2.59. The van der Waals surface area contributed by atoms with Crippen molar-refractivity contribution >= 4 is 16.4 Å². The molecule has 0 atom stereocenters. The highest BCUT2D eigenvalue weighted by Gasteiger charge is 1.99. The first-order chi connectivity index (χ1) is 5.47. The van der Waals surface area contributed by atoms with Gasteiger partial charge in [0.2, 0.25) is 0 Å². The largest absolute Gasteiger partial charge is 0.344 e. The van der Waals surface area contributed by atoms with E-state index in [1.807, 2.05) is 0 Å². The first-order valence-corrected chi connectivity index (χ1v) is 4.74. The van der Waals surface area contributed by atoms with Crippen LogP contribution in [0.5, 0.6) is 0 Å². The summed E-state index contributed by atoms with van der Waals surface area (Å²) in [6.45, 7) is 3.40. The Morgan fingerprint density at radius 1 is 1.54 bits per heavy atom. The van der Waals surface area contributed by atoms with Crippen molar-refractivity contribution in [2.24, 2.45) is 0 Å². The standard InChI is InChI=1S/C3H9NO3S.C3H4O.H3N/c1-4-2-3-8(5,6)7;1-2-3-4;/h4H,2-3H2,1H3,(H,5,6,7);2-3H,1H2;1H3. The number of carbonyl (C=O) groups excluding carboxylic acids is 1. The molecule has 80 valence electrons. The Labute approximate surface area is 78.4 Å². The molecule has 0 spiro atoms. The third-order valence-electron chi connectivity index (χ3n) is 0.706. The molecule has 13 heavy (non-hydrogen) atoms. The van der Waals surface area contributed by atoms with Gasteiger partial charge in [0, 0.05) is 6.54 Å². The van der Waals surface area contributed by atoms with Gasteiger partial charge < -0.3 is 11.5 Å². The van der Waals surface area contributed by atoms with Gasteiger partial charge in [0.15, 0.2) is 0 Å². The highest BCUT2D eigenvalue weighted by molar-refractivity contribution is 7.85. The zero-order chi connectivity index (χ0) is 10.0. The van der Waals surface area contributed by atoms with Crippen molar-refractivity contribution in [2.75, 3.05) is 19.3 Å². The molecule has 0 rings (SSSR count). The van der Waals surface area contributed by atoms with Crippen LogP contribution in [-0.4, -0.2) is 38.6 Å². The number of allylic oxidation sites excluding steroid dienone is 1. The average molecular weight is 212 g/mol. The predicted molar refractivity (Wildman–Crippen MR) is 51.6 cm³/mol. The van der Waals surface area contributed by atoms with Crippen molar-refractivity contribution in [3.05, 3.63) is 12.7 Å². The lowest BCUT2D eigenvalue weighted by Crippen LogP contribution is -2.18. The average Bonchev–Trinajstić information content (AvgIpc) is 2.00. The maximum atomic E-state index is 9.91. The summed E-state index contributed by atoms with van der Waals surface area (Å²) in [7, 11) is -2.13. The Bertz CT molecular complexity index is 207. The third-order valence-corrected chi connectivity index (χ3v) is 1.43. The Kier molecular flexibility index (Phi) is 15.7. The normalized spacial score (nSPS) is 8.77. The van der Waals surface area contributed by atoms with Crippen LogP contribution in [0.3, 0.4) is 0 Å². The van der Waals surface area contributed by atoms with Crippen LogP contribution in [0.2, 0.25) is 0 Å². The Balaban J connectivity index is -0.000000173. The molecule has 0 unspecified atom stereocenters. The first kappa shape index (κ1) is 18.1. The van der Waals surface area contributed by atoms with Gasteiger partial charge in [-0.2, -0.15) is 8.42 Å². The fraction of sp³-hybridized carbons (Fsp3) is 0.500. The molecule has 7 heteroatoms. The maximum absolute atomic E-state index is 9.91. The molecule has 5 N–H and O–H groups in total. The number of carbonyl (C=O) groups is 1. The molecule has 6 nitrogen and oxygen atoms in total. The second-order valence-electron chi connectivity index (χ2n) is 1.76. The van der Waals surface area contributed by atoms with Gasteiger partial charge in [-0.15, -0.1) is 0 Å². The topological polar surface area (TPSA) is 118 Å². The van der Waals surface area contributed by atoms with Gasteiger partial charge in [0.1, 0.15) is 6.29 Å². The van der Waals surface area contributed by atoms with Gasteiger partial charge in [-0.25, -0.2) is 0 Å². The number of aldehydes is 1. The summed E-state index contributed by atoms with van der Waals surface area (Å²) in [5.41, 5.74) is 0. The molecular formula is C6H16N2O4S. The summed E-state index contributed by atoms with van der Waals surface area (Å²) in [6.07, 6.45) is 1.83. The van der Waals surface area contributed by atoms with E-state index in [0.29, 0.717) is 12.8 Å².